The van der Waals surface area contributed by atoms with E-state index >= 15 is 0 Å². The second kappa shape index (κ2) is 7.64. The smallest absolute Gasteiger partial charge is 0.387 e. The van der Waals surface area contributed by atoms with Crippen molar-refractivity contribution in [1.82, 2.24) is 26.2 Å². The van der Waals surface area contributed by atoms with Gasteiger partial charge in [-0.05, 0) is 6.07 Å². The molecule has 0 atom stereocenters. The second-order valence-electron chi connectivity index (χ2n) is 6.30. The molecule has 0 amide bonds. The molecule has 8 nitrogen and oxygen atoms in total. The monoisotopic (exact) mass is 410 g/mol. The summed E-state index contributed by atoms with van der Waals surface area (Å²) in [5, 5.41) is 8.07. The Labute approximate surface area is 163 Å². The van der Waals surface area contributed by atoms with Crippen LogP contribution in [0.2, 0.25) is 5.02 Å². The minimum atomic E-state index is -2.88. The Morgan fingerprint density at radius 2 is 2.14 bits per heavy atom. The number of hydrogen-bond acceptors (Lipinski definition) is 7. The van der Waals surface area contributed by atoms with Gasteiger partial charge in [0.15, 0.2) is 0 Å². The van der Waals surface area contributed by atoms with Gasteiger partial charge in [0.25, 0.3) is 5.56 Å². The number of rotatable bonds is 5. The van der Waals surface area contributed by atoms with E-state index in [1.807, 2.05) is 9.91 Å². The average molecular weight is 411 g/mol. The zero-order valence-corrected chi connectivity index (χ0v) is 15.3. The lowest BCUT2D eigenvalue weighted by Gasteiger charge is -2.31. The average Bonchev–Trinajstić information content (AvgIpc) is 3.07. The van der Waals surface area contributed by atoms with Crippen LogP contribution in [0.4, 0.5) is 14.5 Å². The van der Waals surface area contributed by atoms with Gasteiger partial charge in [-0.1, -0.05) is 29.8 Å². The zero-order valence-electron chi connectivity index (χ0n) is 14.6. The van der Waals surface area contributed by atoms with Crippen LogP contribution in [0.25, 0.3) is 0 Å². The van der Waals surface area contributed by atoms with Crippen molar-refractivity contribution >= 4 is 17.3 Å². The van der Waals surface area contributed by atoms with Crippen LogP contribution in [0.15, 0.2) is 46.7 Å². The Morgan fingerprint density at radius 3 is 2.96 bits per heavy atom. The Morgan fingerprint density at radius 1 is 1.32 bits per heavy atom. The first kappa shape index (κ1) is 18.5. The molecule has 0 radical (unpaired) electrons. The number of H-pyrrole nitrogens is 1. The topological polar surface area (TPSA) is 85.5 Å². The number of hydrazine groups is 2. The summed E-state index contributed by atoms with van der Waals surface area (Å²) in [6.45, 7) is -1.41. The van der Waals surface area contributed by atoms with Crippen LogP contribution in [-0.2, 0) is 6.54 Å². The number of aromatic amines is 1. The first-order valence-electron chi connectivity index (χ1n) is 8.55. The maximum absolute atomic E-state index is 12.6. The summed E-state index contributed by atoms with van der Waals surface area (Å²) in [6, 6.07) is 6.69. The van der Waals surface area contributed by atoms with E-state index in [4.69, 9.17) is 11.6 Å². The van der Waals surface area contributed by atoms with E-state index in [9.17, 15) is 13.6 Å². The molecule has 3 heterocycles. The first-order valence-corrected chi connectivity index (χ1v) is 8.93. The fraction of sp³-hybridized carbons (Fsp3) is 0.294. The van der Waals surface area contributed by atoms with Gasteiger partial charge in [0.1, 0.15) is 10.8 Å². The highest BCUT2D eigenvalue weighted by atomic mass is 35.5. The lowest BCUT2D eigenvalue weighted by Crippen LogP contribution is -2.37. The SMILES string of the molecule is O=c1[nH]ncc(N2CCC3=C(C2)NNN3Cc2ccccc2OC(F)F)c1Cl. The molecule has 3 N–H and O–H groups in total. The van der Waals surface area contributed by atoms with Gasteiger partial charge in [-0.15, -0.1) is 5.53 Å². The molecule has 0 unspecified atom stereocenters. The summed E-state index contributed by atoms with van der Waals surface area (Å²) in [5.74, 6) is 0.146. The molecule has 0 bridgehead atoms. The fourth-order valence-corrected chi connectivity index (χ4v) is 3.53. The third kappa shape index (κ3) is 3.60. The lowest BCUT2D eigenvalue weighted by atomic mass is 10.1. The fourth-order valence-electron chi connectivity index (χ4n) is 3.32. The van der Waals surface area contributed by atoms with Gasteiger partial charge in [-0.25, -0.2) is 5.10 Å². The van der Waals surface area contributed by atoms with Gasteiger partial charge in [0.05, 0.1) is 36.4 Å². The minimum absolute atomic E-state index is 0.0972. The van der Waals surface area contributed by atoms with Crippen molar-refractivity contribution in [2.75, 3.05) is 18.0 Å². The number of nitrogens with zero attached hydrogens (tertiary/aromatic N) is 3. The molecular formula is C17H17ClF2N6O2. The highest BCUT2D eigenvalue weighted by Crippen LogP contribution is 2.30. The van der Waals surface area contributed by atoms with Crippen molar-refractivity contribution in [3.8, 4) is 5.75 Å². The molecule has 11 heteroatoms. The van der Waals surface area contributed by atoms with Crippen LogP contribution in [0, 0.1) is 0 Å². The number of halogens is 3. The van der Waals surface area contributed by atoms with Crippen LogP contribution in [0.1, 0.15) is 12.0 Å². The predicted octanol–water partition coefficient (Wildman–Crippen LogP) is 1.97. The Hall–Kier alpha value is -2.85. The lowest BCUT2D eigenvalue weighted by molar-refractivity contribution is -0.0508. The Balaban J connectivity index is 1.52. The molecule has 2 aromatic rings. The number of anilines is 1. The van der Waals surface area contributed by atoms with Crippen LogP contribution in [-0.4, -0.2) is 34.9 Å². The summed E-state index contributed by atoms with van der Waals surface area (Å²) in [6.07, 6.45) is 2.18. The molecule has 1 aromatic carbocycles. The van der Waals surface area contributed by atoms with Crippen molar-refractivity contribution in [1.29, 1.82) is 0 Å². The number of para-hydroxylation sites is 1. The van der Waals surface area contributed by atoms with Gasteiger partial charge >= 0.3 is 6.61 Å². The van der Waals surface area contributed by atoms with Gasteiger partial charge < -0.3 is 15.1 Å². The van der Waals surface area contributed by atoms with E-state index in [1.165, 1.54) is 12.3 Å². The van der Waals surface area contributed by atoms with Crippen molar-refractivity contribution in [3.05, 3.63) is 62.8 Å². The molecule has 28 heavy (non-hydrogen) atoms. The molecule has 2 aliphatic rings. The van der Waals surface area contributed by atoms with Crippen molar-refractivity contribution in [2.45, 2.75) is 19.6 Å². The maximum atomic E-state index is 12.6. The van der Waals surface area contributed by atoms with E-state index < -0.39 is 12.2 Å². The van der Waals surface area contributed by atoms with Gasteiger partial charge in [-0.3, -0.25) is 9.80 Å². The van der Waals surface area contributed by atoms with Gasteiger partial charge in [0, 0.05) is 18.5 Å². The highest BCUT2D eigenvalue weighted by Gasteiger charge is 2.29. The van der Waals surface area contributed by atoms with Crippen LogP contribution in [0.5, 0.6) is 5.75 Å². The summed E-state index contributed by atoms with van der Waals surface area (Å²) in [4.78, 5) is 13.6. The molecule has 1 aromatic heterocycles. The Kier molecular flexibility index (Phi) is 5.05. The van der Waals surface area contributed by atoms with Crippen molar-refractivity contribution < 1.29 is 13.5 Å². The second-order valence-corrected chi connectivity index (χ2v) is 6.68. The molecule has 0 fully saturated rings. The molecule has 2 aliphatic heterocycles. The molecule has 148 valence electrons. The number of hydrogen-bond donors (Lipinski definition) is 3. The molecule has 0 spiro atoms. The van der Waals surface area contributed by atoms with E-state index in [0.717, 1.165) is 11.4 Å². The number of nitrogens with one attached hydrogen (secondary N) is 3. The normalized spacial score (nSPS) is 16.4. The van der Waals surface area contributed by atoms with E-state index in [0.29, 0.717) is 37.3 Å². The third-order valence-electron chi connectivity index (χ3n) is 4.62. The predicted molar refractivity (Wildman–Crippen MR) is 98.6 cm³/mol. The number of ether oxygens (including phenoxy) is 1. The van der Waals surface area contributed by atoms with E-state index in [2.05, 4.69) is 25.9 Å². The van der Waals surface area contributed by atoms with Crippen LogP contribution >= 0.6 is 11.6 Å². The molecular weight excluding hydrogens is 394 g/mol. The molecule has 0 saturated carbocycles. The molecule has 0 aliphatic carbocycles. The summed E-state index contributed by atoms with van der Waals surface area (Å²) >= 11 is 6.10. The quantitative estimate of drug-likeness (QED) is 0.694. The van der Waals surface area contributed by atoms with Gasteiger partial charge in [-0.2, -0.15) is 13.9 Å². The standard InChI is InChI=1S/C17H17ClF2N6O2/c18-15-13(7-21-23-16(15)27)25-6-5-12-11(9-25)22-24-26(12)8-10-3-1-2-4-14(10)28-17(19)20/h1-4,7,17,22,24H,5-6,8-9H2,(H,23,27). The minimum Gasteiger partial charge on any atom is -0.434 e. The molecule has 0 saturated heterocycles. The summed E-state index contributed by atoms with van der Waals surface area (Å²) in [7, 11) is 0. The van der Waals surface area contributed by atoms with Crippen LogP contribution < -0.4 is 26.2 Å². The van der Waals surface area contributed by atoms with Crippen molar-refractivity contribution in [3.63, 3.8) is 0 Å². The first-order chi connectivity index (χ1) is 13.5. The molecule has 4 rings (SSSR count). The van der Waals surface area contributed by atoms with Crippen LogP contribution in [0.3, 0.4) is 0 Å². The third-order valence-corrected chi connectivity index (χ3v) is 4.98. The zero-order chi connectivity index (χ0) is 19.7. The maximum Gasteiger partial charge on any atom is 0.387 e. The Bertz CT molecular complexity index is 967. The number of aromatic nitrogens is 2. The van der Waals surface area contributed by atoms with E-state index in [1.54, 1.807) is 18.2 Å². The largest absolute Gasteiger partial charge is 0.434 e. The number of alkyl halides is 2. The van der Waals surface area contributed by atoms with E-state index in [-0.39, 0.29) is 10.8 Å². The number of benzene rings is 1. The summed E-state index contributed by atoms with van der Waals surface area (Å²) < 4.78 is 29.9. The van der Waals surface area contributed by atoms with Gasteiger partial charge in [0.2, 0.25) is 0 Å². The summed E-state index contributed by atoms with van der Waals surface area (Å²) in [5.41, 5.74) is 8.83. The highest BCUT2D eigenvalue weighted by molar-refractivity contribution is 6.33. The van der Waals surface area contributed by atoms with Crippen molar-refractivity contribution in [2.24, 2.45) is 0 Å².